The second-order valence-corrected chi connectivity index (χ2v) is 7.25. The summed E-state index contributed by atoms with van der Waals surface area (Å²) in [5.41, 5.74) is 1.41. The first-order valence-corrected chi connectivity index (χ1v) is 10.2. The van der Waals surface area contributed by atoms with Crippen LogP contribution < -0.4 is 5.32 Å². The van der Waals surface area contributed by atoms with Crippen LogP contribution in [0, 0.1) is 0 Å². The Hall–Kier alpha value is -2.17. The molecule has 5 heteroatoms. The third-order valence-corrected chi connectivity index (χ3v) is 4.89. The molecule has 0 spiro atoms. The Morgan fingerprint density at radius 3 is 2.30 bits per heavy atom. The van der Waals surface area contributed by atoms with Crippen LogP contribution in [-0.4, -0.2) is 30.3 Å². The monoisotopic (exact) mass is 373 g/mol. The first-order chi connectivity index (χ1) is 13.1. The number of cyclic esters (lactones) is 1. The summed E-state index contributed by atoms with van der Waals surface area (Å²) in [4.78, 5) is 34.9. The fraction of sp³-hybridized carbons (Fsp3) is 0.591. The number of ketones is 1. The number of nitrogens with one attached hydrogen (secondary N) is 1. The molecule has 5 nitrogen and oxygen atoms in total. The number of aryl methyl sites for hydroxylation is 1. The highest BCUT2D eigenvalue weighted by Gasteiger charge is 2.28. The Morgan fingerprint density at radius 1 is 0.963 bits per heavy atom. The Labute approximate surface area is 161 Å². The fourth-order valence-electron chi connectivity index (χ4n) is 3.32. The maximum absolute atomic E-state index is 11.8. The van der Waals surface area contributed by atoms with E-state index in [1.807, 2.05) is 6.07 Å². The molecule has 0 radical (unpaired) electrons. The molecule has 1 atom stereocenters. The van der Waals surface area contributed by atoms with Crippen molar-refractivity contribution in [3.63, 3.8) is 0 Å². The number of carbonyl (C=O) groups is 3. The van der Waals surface area contributed by atoms with E-state index in [2.05, 4.69) is 29.6 Å². The highest BCUT2D eigenvalue weighted by atomic mass is 16.5. The van der Waals surface area contributed by atoms with Gasteiger partial charge in [0, 0.05) is 12.8 Å². The number of ether oxygens (including phenoxy) is 1. The second kappa shape index (κ2) is 12.3. The summed E-state index contributed by atoms with van der Waals surface area (Å²) in [5.74, 6) is -0.830. The molecule has 1 aliphatic rings. The third-order valence-electron chi connectivity index (χ3n) is 4.89. The molecule has 27 heavy (non-hydrogen) atoms. The van der Waals surface area contributed by atoms with E-state index < -0.39 is 12.0 Å². The normalized spacial score (nSPS) is 16.1. The number of benzene rings is 1. The van der Waals surface area contributed by atoms with Crippen molar-refractivity contribution in [2.24, 2.45) is 0 Å². The lowest BCUT2D eigenvalue weighted by atomic mass is 10.0. The molecule has 1 aliphatic heterocycles. The first-order valence-electron chi connectivity index (χ1n) is 10.2. The minimum Gasteiger partial charge on any atom is -0.464 e. The number of Topliss-reactive ketones (excluding diaryl/α,β-unsaturated/α-hetero) is 1. The second-order valence-electron chi connectivity index (χ2n) is 7.25. The predicted molar refractivity (Wildman–Crippen MR) is 104 cm³/mol. The molecule has 1 N–H and O–H groups in total. The maximum Gasteiger partial charge on any atom is 0.328 e. The summed E-state index contributed by atoms with van der Waals surface area (Å²) in [5, 5.41) is 2.57. The summed E-state index contributed by atoms with van der Waals surface area (Å²) >= 11 is 0. The van der Waals surface area contributed by atoms with Crippen molar-refractivity contribution in [1.29, 1.82) is 0 Å². The van der Waals surface area contributed by atoms with Crippen molar-refractivity contribution in [1.82, 2.24) is 5.32 Å². The maximum atomic E-state index is 11.8. The number of hydrogen-bond acceptors (Lipinski definition) is 4. The van der Waals surface area contributed by atoms with Gasteiger partial charge in [-0.3, -0.25) is 9.59 Å². The molecule has 1 saturated heterocycles. The van der Waals surface area contributed by atoms with Gasteiger partial charge in [-0.25, -0.2) is 4.79 Å². The van der Waals surface area contributed by atoms with Crippen LogP contribution in [0.5, 0.6) is 0 Å². The summed E-state index contributed by atoms with van der Waals surface area (Å²) < 4.78 is 4.78. The van der Waals surface area contributed by atoms with Gasteiger partial charge in [0.2, 0.25) is 5.91 Å². The van der Waals surface area contributed by atoms with Crippen molar-refractivity contribution in [2.45, 2.75) is 76.7 Å². The molecule has 0 saturated carbocycles. The van der Waals surface area contributed by atoms with E-state index in [1.54, 1.807) is 0 Å². The summed E-state index contributed by atoms with van der Waals surface area (Å²) in [6.07, 6.45) is 9.86. The topological polar surface area (TPSA) is 72.5 Å². The third kappa shape index (κ3) is 8.85. The highest BCUT2D eigenvalue weighted by molar-refractivity contribution is 5.99. The van der Waals surface area contributed by atoms with Gasteiger partial charge >= 0.3 is 5.97 Å². The van der Waals surface area contributed by atoms with Crippen LogP contribution in [0.25, 0.3) is 0 Å². The van der Waals surface area contributed by atoms with Crippen molar-refractivity contribution in [2.75, 3.05) is 6.61 Å². The van der Waals surface area contributed by atoms with Crippen molar-refractivity contribution in [3.05, 3.63) is 35.9 Å². The van der Waals surface area contributed by atoms with Gasteiger partial charge in [-0.1, -0.05) is 62.4 Å². The van der Waals surface area contributed by atoms with Crippen molar-refractivity contribution < 1.29 is 19.1 Å². The predicted octanol–water partition coefficient (Wildman–Crippen LogP) is 3.74. The average Bonchev–Trinajstić information content (AvgIpc) is 3.05. The number of esters is 1. The summed E-state index contributed by atoms with van der Waals surface area (Å²) in [6, 6.07) is 10.00. The van der Waals surface area contributed by atoms with Crippen LogP contribution in [0.3, 0.4) is 0 Å². The number of unbranched alkanes of at least 4 members (excludes halogenated alkanes) is 6. The van der Waals surface area contributed by atoms with Crippen molar-refractivity contribution >= 4 is 17.7 Å². The van der Waals surface area contributed by atoms with E-state index in [0.29, 0.717) is 19.4 Å². The Morgan fingerprint density at radius 2 is 1.63 bits per heavy atom. The molecule has 1 aromatic rings. The molecule has 0 unspecified atom stereocenters. The van der Waals surface area contributed by atoms with E-state index in [-0.39, 0.29) is 18.1 Å². The van der Waals surface area contributed by atoms with Crippen LogP contribution in [0.4, 0.5) is 0 Å². The van der Waals surface area contributed by atoms with Gasteiger partial charge in [0.15, 0.2) is 0 Å². The lowest BCUT2D eigenvalue weighted by molar-refractivity contribution is -0.142. The lowest BCUT2D eigenvalue weighted by Gasteiger charge is -2.08. The van der Waals surface area contributed by atoms with Crippen LogP contribution in [0.15, 0.2) is 30.3 Å². The van der Waals surface area contributed by atoms with Gasteiger partial charge in [-0.2, -0.15) is 0 Å². The SMILES string of the molecule is O=C(CCCCCCCCCc1ccccc1)CC(=O)N[C@@H]1CCOC1=O. The van der Waals surface area contributed by atoms with Crippen LogP contribution in [-0.2, 0) is 25.5 Å². The van der Waals surface area contributed by atoms with E-state index in [0.717, 1.165) is 25.7 Å². The largest absolute Gasteiger partial charge is 0.464 e. The Kier molecular flexibility index (Phi) is 9.60. The van der Waals surface area contributed by atoms with E-state index in [4.69, 9.17) is 4.74 Å². The van der Waals surface area contributed by atoms with Gasteiger partial charge < -0.3 is 10.1 Å². The van der Waals surface area contributed by atoms with Crippen LogP contribution >= 0.6 is 0 Å². The fourth-order valence-corrected chi connectivity index (χ4v) is 3.32. The average molecular weight is 373 g/mol. The lowest BCUT2D eigenvalue weighted by Crippen LogP contribution is -2.38. The van der Waals surface area contributed by atoms with Gasteiger partial charge in [-0.15, -0.1) is 0 Å². The van der Waals surface area contributed by atoms with Gasteiger partial charge in [0.05, 0.1) is 13.0 Å². The van der Waals surface area contributed by atoms with Gasteiger partial charge in [0.25, 0.3) is 0 Å². The van der Waals surface area contributed by atoms with Crippen LogP contribution in [0.2, 0.25) is 0 Å². The number of rotatable bonds is 13. The molecule has 0 aliphatic carbocycles. The van der Waals surface area contributed by atoms with E-state index in [9.17, 15) is 14.4 Å². The summed E-state index contributed by atoms with van der Waals surface area (Å²) in [6.45, 7) is 0.337. The molecule has 0 bridgehead atoms. The Balaban J connectivity index is 1.40. The molecular weight excluding hydrogens is 342 g/mol. The minimum absolute atomic E-state index is 0.0540. The smallest absolute Gasteiger partial charge is 0.328 e. The Bertz CT molecular complexity index is 600. The standard InChI is InChI=1S/C22H31NO4/c24-19(17-21(25)23-20-15-16-27-22(20)26)14-10-5-3-1-2-4-7-11-18-12-8-6-9-13-18/h6,8-9,12-13,20H,1-5,7,10-11,14-17H2,(H,23,25)/t20-/m1/s1. The highest BCUT2D eigenvalue weighted by Crippen LogP contribution is 2.12. The molecule has 1 fully saturated rings. The van der Waals surface area contributed by atoms with Gasteiger partial charge in [-0.05, 0) is 24.8 Å². The molecule has 0 aromatic heterocycles. The zero-order chi connectivity index (χ0) is 19.3. The quantitative estimate of drug-likeness (QED) is 0.325. The summed E-state index contributed by atoms with van der Waals surface area (Å²) in [7, 11) is 0. The number of amides is 1. The zero-order valence-corrected chi connectivity index (χ0v) is 16.1. The zero-order valence-electron chi connectivity index (χ0n) is 16.1. The van der Waals surface area contributed by atoms with Crippen LogP contribution in [0.1, 0.15) is 69.8 Å². The van der Waals surface area contributed by atoms with Gasteiger partial charge in [0.1, 0.15) is 11.8 Å². The van der Waals surface area contributed by atoms with E-state index >= 15 is 0 Å². The molecule has 1 aromatic carbocycles. The van der Waals surface area contributed by atoms with E-state index in [1.165, 1.54) is 31.2 Å². The first kappa shape index (κ1) is 21.1. The molecule has 1 amide bonds. The van der Waals surface area contributed by atoms with Crippen molar-refractivity contribution in [3.8, 4) is 0 Å². The molecule has 2 rings (SSSR count). The molecular formula is C22H31NO4. The number of hydrogen-bond donors (Lipinski definition) is 1. The molecule has 148 valence electrons. The minimum atomic E-state index is -0.577. The number of carbonyl (C=O) groups excluding carboxylic acids is 3. The molecule has 1 heterocycles.